The fraction of sp³-hybridized carbons (Fsp3) is 0.273. The van der Waals surface area contributed by atoms with E-state index in [1.807, 2.05) is 0 Å². The number of hydrogen-bond acceptors (Lipinski definition) is 2. The third-order valence-corrected chi connectivity index (χ3v) is 3.03. The number of carboxylic acid groups (broad SMARTS) is 1. The molecule has 1 aliphatic rings. The number of carbonyl (C=O) groups is 2. The van der Waals surface area contributed by atoms with Crippen LogP contribution in [0, 0.1) is 0 Å². The molecule has 1 N–H and O–H groups in total. The van der Waals surface area contributed by atoms with Gasteiger partial charge in [-0.3, -0.25) is 4.79 Å². The van der Waals surface area contributed by atoms with E-state index >= 15 is 0 Å². The molecule has 0 aromatic heterocycles. The molecule has 0 radical (unpaired) electrons. The molecule has 0 unspecified atom stereocenters. The van der Waals surface area contributed by atoms with Crippen LogP contribution in [0.4, 0.5) is 0 Å². The van der Waals surface area contributed by atoms with Gasteiger partial charge in [-0.25, -0.2) is 4.79 Å². The van der Waals surface area contributed by atoms with Crippen LogP contribution in [-0.4, -0.2) is 16.9 Å². The molecule has 0 heterocycles. The van der Waals surface area contributed by atoms with Crippen LogP contribution >= 0.6 is 15.9 Å². The van der Waals surface area contributed by atoms with Crippen molar-refractivity contribution in [3.05, 3.63) is 33.3 Å². The Hall–Kier alpha value is -1.16. The Morgan fingerprint density at radius 3 is 2.73 bits per heavy atom. The molecule has 0 saturated carbocycles. The van der Waals surface area contributed by atoms with Gasteiger partial charge in [0.25, 0.3) is 0 Å². The fourth-order valence-electron chi connectivity index (χ4n) is 1.91. The van der Waals surface area contributed by atoms with Gasteiger partial charge >= 0.3 is 5.97 Å². The van der Waals surface area contributed by atoms with Crippen LogP contribution in [-0.2, 0) is 6.42 Å². The molecular formula is C11H9BrO3. The molecule has 15 heavy (non-hydrogen) atoms. The minimum atomic E-state index is -0.970. The first-order chi connectivity index (χ1) is 7.09. The van der Waals surface area contributed by atoms with Gasteiger partial charge < -0.3 is 5.11 Å². The first kappa shape index (κ1) is 10.4. The molecule has 0 amide bonds. The Labute approximate surface area is 95.2 Å². The third-order valence-electron chi connectivity index (χ3n) is 2.58. The maximum atomic E-state index is 11.6. The largest absolute Gasteiger partial charge is 0.478 e. The van der Waals surface area contributed by atoms with Gasteiger partial charge in [0.1, 0.15) is 0 Å². The Morgan fingerprint density at radius 1 is 1.33 bits per heavy atom. The number of benzene rings is 1. The SMILES string of the molecule is O=C(O)c1cc(Br)cc2c1CCCC2=O. The second-order valence-electron chi connectivity index (χ2n) is 3.56. The highest BCUT2D eigenvalue weighted by atomic mass is 79.9. The molecule has 78 valence electrons. The predicted octanol–water partition coefficient (Wildman–Crippen LogP) is 2.67. The van der Waals surface area contributed by atoms with Gasteiger partial charge in [0.15, 0.2) is 5.78 Å². The molecule has 2 rings (SSSR count). The minimum Gasteiger partial charge on any atom is -0.478 e. The summed E-state index contributed by atoms with van der Waals surface area (Å²) in [7, 11) is 0. The second kappa shape index (κ2) is 3.77. The molecule has 1 aromatic rings. The van der Waals surface area contributed by atoms with E-state index in [0.29, 0.717) is 28.4 Å². The number of ketones is 1. The highest BCUT2D eigenvalue weighted by molar-refractivity contribution is 9.10. The molecule has 0 fully saturated rings. The molecule has 4 heteroatoms. The maximum absolute atomic E-state index is 11.6. The van der Waals surface area contributed by atoms with Crippen molar-refractivity contribution in [1.29, 1.82) is 0 Å². The first-order valence-electron chi connectivity index (χ1n) is 4.68. The number of Topliss-reactive ketones (excluding diaryl/α,β-unsaturated/α-hetero) is 1. The van der Waals surface area contributed by atoms with Gasteiger partial charge in [-0.1, -0.05) is 15.9 Å². The van der Waals surface area contributed by atoms with Crippen LogP contribution < -0.4 is 0 Å². The molecule has 1 aliphatic carbocycles. The smallest absolute Gasteiger partial charge is 0.336 e. The monoisotopic (exact) mass is 268 g/mol. The van der Waals surface area contributed by atoms with Crippen molar-refractivity contribution in [3.8, 4) is 0 Å². The maximum Gasteiger partial charge on any atom is 0.336 e. The average molecular weight is 269 g/mol. The number of halogens is 1. The summed E-state index contributed by atoms with van der Waals surface area (Å²) in [6.07, 6.45) is 1.94. The average Bonchev–Trinajstić information content (AvgIpc) is 2.18. The zero-order valence-corrected chi connectivity index (χ0v) is 9.50. The minimum absolute atomic E-state index is 0.0417. The first-order valence-corrected chi connectivity index (χ1v) is 5.48. The van der Waals surface area contributed by atoms with Crippen LogP contribution in [0.15, 0.2) is 16.6 Å². The number of hydrogen-bond donors (Lipinski definition) is 1. The topological polar surface area (TPSA) is 54.4 Å². The van der Waals surface area contributed by atoms with Crippen molar-refractivity contribution in [2.24, 2.45) is 0 Å². The van der Waals surface area contributed by atoms with Crippen molar-refractivity contribution in [2.45, 2.75) is 19.3 Å². The summed E-state index contributed by atoms with van der Waals surface area (Å²) >= 11 is 3.22. The van der Waals surface area contributed by atoms with Crippen LogP contribution in [0.1, 0.15) is 39.1 Å². The van der Waals surface area contributed by atoms with Crippen molar-refractivity contribution in [3.63, 3.8) is 0 Å². The summed E-state index contributed by atoms with van der Waals surface area (Å²) < 4.78 is 0.647. The van der Waals surface area contributed by atoms with E-state index in [2.05, 4.69) is 15.9 Å². The van der Waals surface area contributed by atoms with Gasteiger partial charge in [-0.2, -0.15) is 0 Å². The summed E-state index contributed by atoms with van der Waals surface area (Å²) in [5.41, 5.74) is 1.49. The van der Waals surface area contributed by atoms with Gasteiger partial charge in [0.05, 0.1) is 5.56 Å². The second-order valence-corrected chi connectivity index (χ2v) is 4.48. The van der Waals surface area contributed by atoms with E-state index < -0.39 is 5.97 Å². The van der Waals surface area contributed by atoms with E-state index in [4.69, 9.17) is 5.11 Å². The lowest BCUT2D eigenvalue weighted by Crippen LogP contribution is -2.15. The molecular weight excluding hydrogens is 260 g/mol. The van der Waals surface area contributed by atoms with Gasteiger partial charge in [0, 0.05) is 16.5 Å². The van der Waals surface area contributed by atoms with Gasteiger partial charge in [-0.15, -0.1) is 0 Å². The Kier molecular flexibility index (Phi) is 2.61. The summed E-state index contributed by atoms with van der Waals surface area (Å²) in [6.45, 7) is 0. The van der Waals surface area contributed by atoms with Crippen LogP contribution in [0.3, 0.4) is 0 Å². The summed E-state index contributed by atoms with van der Waals surface area (Å²) in [5.74, 6) is -0.928. The predicted molar refractivity (Wildman–Crippen MR) is 58.4 cm³/mol. The van der Waals surface area contributed by atoms with Crippen molar-refractivity contribution < 1.29 is 14.7 Å². The number of carbonyl (C=O) groups excluding carboxylic acids is 1. The van der Waals surface area contributed by atoms with Gasteiger partial charge in [0.2, 0.25) is 0 Å². The van der Waals surface area contributed by atoms with E-state index in [0.717, 1.165) is 6.42 Å². The van der Waals surface area contributed by atoms with E-state index in [1.54, 1.807) is 12.1 Å². The summed E-state index contributed by atoms with van der Waals surface area (Å²) in [5, 5.41) is 9.02. The summed E-state index contributed by atoms with van der Waals surface area (Å²) in [6, 6.07) is 3.27. The van der Waals surface area contributed by atoms with Crippen LogP contribution in [0.25, 0.3) is 0 Å². The van der Waals surface area contributed by atoms with Crippen molar-refractivity contribution in [1.82, 2.24) is 0 Å². The normalized spacial score (nSPS) is 14.9. The molecule has 0 aliphatic heterocycles. The lowest BCUT2D eigenvalue weighted by molar-refractivity contribution is 0.0695. The zero-order valence-electron chi connectivity index (χ0n) is 7.92. The van der Waals surface area contributed by atoms with E-state index in [-0.39, 0.29) is 11.3 Å². The lowest BCUT2D eigenvalue weighted by Gasteiger charge is -2.17. The van der Waals surface area contributed by atoms with E-state index in [9.17, 15) is 9.59 Å². The van der Waals surface area contributed by atoms with Crippen molar-refractivity contribution in [2.75, 3.05) is 0 Å². The van der Waals surface area contributed by atoms with Crippen LogP contribution in [0.5, 0.6) is 0 Å². The highest BCUT2D eigenvalue weighted by Gasteiger charge is 2.23. The molecule has 0 bridgehead atoms. The molecule has 1 aromatic carbocycles. The molecule has 0 atom stereocenters. The Morgan fingerprint density at radius 2 is 2.07 bits per heavy atom. The quantitative estimate of drug-likeness (QED) is 0.852. The number of aromatic carboxylic acids is 1. The van der Waals surface area contributed by atoms with E-state index in [1.165, 1.54) is 0 Å². The van der Waals surface area contributed by atoms with Crippen molar-refractivity contribution >= 4 is 27.7 Å². The Balaban J connectivity index is 2.67. The lowest BCUT2D eigenvalue weighted by atomic mass is 9.87. The number of carboxylic acids is 1. The fourth-order valence-corrected chi connectivity index (χ4v) is 2.36. The number of rotatable bonds is 1. The molecule has 0 saturated heterocycles. The van der Waals surface area contributed by atoms with Gasteiger partial charge in [-0.05, 0) is 30.5 Å². The summed E-state index contributed by atoms with van der Waals surface area (Å²) in [4.78, 5) is 22.6. The standard InChI is InChI=1S/C11H9BrO3/c12-6-4-8-7(2-1-3-10(8)13)9(5-6)11(14)15/h4-5H,1-3H2,(H,14,15). The molecule has 0 spiro atoms. The number of fused-ring (bicyclic) bond motifs is 1. The Bertz CT molecular complexity index is 434. The zero-order chi connectivity index (χ0) is 11.0. The molecule has 3 nitrogen and oxygen atoms in total. The van der Waals surface area contributed by atoms with Crippen LogP contribution in [0.2, 0.25) is 0 Å². The third kappa shape index (κ3) is 1.81. The highest BCUT2D eigenvalue weighted by Crippen LogP contribution is 2.28.